The molecule has 1 spiro atoms. The smallest absolute Gasteiger partial charge is 0.298 e. The minimum absolute atomic E-state index is 0.00398. The maximum absolute atomic E-state index is 14.9. The fourth-order valence-electron chi connectivity index (χ4n) is 9.04. The first-order valence-corrected chi connectivity index (χ1v) is 17.2. The maximum Gasteiger partial charge on any atom is 0.298 e. The van der Waals surface area contributed by atoms with Crippen molar-refractivity contribution in [2.45, 2.75) is 128 Å². The number of rotatable bonds is 10. The topological polar surface area (TPSA) is 141 Å². The number of aliphatic hydroxyl groups is 1. The van der Waals surface area contributed by atoms with Crippen molar-refractivity contribution >= 4 is 24.1 Å². The minimum Gasteiger partial charge on any atom is -0.506 e. The third-order valence-corrected chi connectivity index (χ3v) is 11.5. The zero-order valence-corrected chi connectivity index (χ0v) is 29.5. The molecule has 4 unspecified atom stereocenters. The molecule has 0 radical (unpaired) electrons. The summed E-state index contributed by atoms with van der Waals surface area (Å²) < 4.78 is 31.6. The van der Waals surface area contributed by atoms with Crippen LogP contribution < -0.4 is 9.47 Å². The SMILES string of the molecule is CC(C)=CCC[C@]1(C)C=Cc2c(O)c3c(c(CC(O)C4OC4(C)C)c2O1)O[C@]12C(=CC4CC1C(C)(C)O[C@]2(C/C=C(/C)OC=O)C4=O)C3=O. The highest BCUT2D eigenvalue weighted by molar-refractivity contribution is 6.19. The van der Waals surface area contributed by atoms with Gasteiger partial charge >= 0.3 is 0 Å². The Morgan fingerprint density at radius 1 is 1.06 bits per heavy atom. The van der Waals surface area contributed by atoms with Gasteiger partial charge in [-0.25, -0.2) is 0 Å². The van der Waals surface area contributed by atoms with Gasteiger partial charge in [0.1, 0.15) is 40.3 Å². The molecule has 10 nitrogen and oxygen atoms in total. The zero-order valence-electron chi connectivity index (χ0n) is 29.5. The standard InChI is InChI=1S/C39H46O10/c1-20(2)10-9-13-37(8)14-12-23-29(42)28-30(43)25-16-22-17-27-35(4,5)49-38(33(22)44,15-11-21(3)45-19-40)39(25,27)47-32(28)24(31(23)46-37)18-26(41)34-36(6,7)48-34/h10-12,14,16,19,22,26-27,34,41-42H,9,13,15,17-18H2,1-8H3/b21-11-/t22?,26?,27?,34?,37-,38-,39-/m1/s1. The average Bonchev–Trinajstić information content (AvgIpc) is 3.63. The second kappa shape index (κ2) is 10.9. The fraction of sp³-hybridized carbons (Fsp3) is 0.564. The van der Waals surface area contributed by atoms with Crippen LogP contribution in [0.1, 0.15) is 103 Å². The molecule has 2 saturated heterocycles. The van der Waals surface area contributed by atoms with Crippen LogP contribution in [0, 0.1) is 11.8 Å². The number of ketones is 2. The van der Waals surface area contributed by atoms with Crippen LogP contribution in [0.25, 0.3) is 6.08 Å². The second-order valence-electron chi connectivity index (χ2n) is 16.0. The first kappa shape index (κ1) is 33.8. The molecular formula is C39H46O10. The van der Waals surface area contributed by atoms with E-state index >= 15 is 0 Å². The van der Waals surface area contributed by atoms with E-state index in [0.717, 1.165) is 6.42 Å². The van der Waals surface area contributed by atoms with Gasteiger partial charge in [0.2, 0.25) is 0 Å². The number of epoxide rings is 1. The van der Waals surface area contributed by atoms with Crippen molar-refractivity contribution in [2.75, 3.05) is 0 Å². The van der Waals surface area contributed by atoms with Gasteiger partial charge in [0.05, 0.1) is 22.9 Å². The van der Waals surface area contributed by atoms with E-state index in [1.165, 1.54) is 5.57 Å². The van der Waals surface area contributed by atoms with Gasteiger partial charge in [-0.3, -0.25) is 14.4 Å². The summed E-state index contributed by atoms with van der Waals surface area (Å²) in [6.45, 7) is 15.6. The van der Waals surface area contributed by atoms with Gasteiger partial charge in [-0.1, -0.05) is 17.7 Å². The number of Topliss-reactive ketones (excluding diaryl/α,β-unsaturated/α-hetero) is 2. The Hall–Kier alpha value is -3.73. The van der Waals surface area contributed by atoms with Gasteiger partial charge in [0.15, 0.2) is 22.8 Å². The Bertz CT molecular complexity index is 1790. The lowest BCUT2D eigenvalue weighted by molar-refractivity contribution is -0.171. The Balaban J connectivity index is 1.43. The van der Waals surface area contributed by atoms with Crippen LogP contribution in [0.15, 0.2) is 41.2 Å². The van der Waals surface area contributed by atoms with Gasteiger partial charge < -0.3 is 33.9 Å². The summed E-state index contributed by atoms with van der Waals surface area (Å²) in [4.78, 5) is 40.4. The lowest BCUT2D eigenvalue weighted by Gasteiger charge is -2.56. The summed E-state index contributed by atoms with van der Waals surface area (Å²) in [5.41, 5.74) is -3.19. The molecule has 7 aliphatic rings. The van der Waals surface area contributed by atoms with Crippen LogP contribution in [-0.2, 0) is 30.2 Å². The van der Waals surface area contributed by atoms with Crippen molar-refractivity contribution in [2.24, 2.45) is 11.8 Å². The molecule has 4 aliphatic heterocycles. The summed E-state index contributed by atoms with van der Waals surface area (Å²) >= 11 is 0. The summed E-state index contributed by atoms with van der Waals surface area (Å²) in [5, 5.41) is 23.4. The molecule has 8 rings (SSSR count). The van der Waals surface area contributed by atoms with Gasteiger partial charge in [-0.05, 0) is 92.9 Å². The van der Waals surface area contributed by atoms with Crippen molar-refractivity contribution in [3.63, 3.8) is 0 Å². The number of ether oxygens (including phenoxy) is 5. The van der Waals surface area contributed by atoms with Crippen molar-refractivity contribution in [3.8, 4) is 17.2 Å². The lowest BCUT2D eigenvalue weighted by atomic mass is 9.51. The van der Waals surface area contributed by atoms with Crippen molar-refractivity contribution in [1.82, 2.24) is 0 Å². The van der Waals surface area contributed by atoms with E-state index in [1.54, 1.807) is 25.2 Å². The average molecular weight is 675 g/mol. The Morgan fingerprint density at radius 3 is 2.43 bits per heavy atom. The zero-order chi connectivity index (χ0) is 35.5. The number of phenols is 1. The molecule has 2 N–H and O–H groups in total. The van der Waals surface area contributed by atoms with E-state index in [9.17, 15) is 24.6 Å². The van der Waals surface area contributed by atoms with Crippen molar-refractivity contribution in [1.29, 1.82) is 0 Å². The highest BCUT2D eigenvalue weighted by Gasteiger charge is 2.81. The predicted octanol–water partition coefficient (Wildman–Crippen LogP) is 5.86. The molecule has 4 heterocycles. The summed E-state index contributed by atoms with van der Waals surface area (Å²) in [6, 6.07) is 0. The van der Waals surface area contributed by atoms with E-state index < -0.39 is 57.8 Å². The molecule has 10 heteroatoms. The van der Waals surface area contributed by atoms with Crippen LogP contribution in [0.2, 0.25) is 0 Å². The van der Waals surface area contributed by atoms with Crippen LogP contribution in [-0.4, -0.2) is 68.5 Å². The first-order chi connectivity index (χ1) is 22.9. The molecule has 0 aromatic heterocycles. The summed E-state index contributed by atoms with van der Waals surface area (Å²) in [5.74, 6) is -1.29. The molecule has 49 heavy (non-hydrogen) atoms. The molecule has 4 bridgehead atoms. The van der Waals surface area contributed by atoms with Gasteiger partial charge in [0.25, 0.3) is 6.47 Å². The molecule has 7 atom stereocenters. The third kappa shape index (κ3) is 4.81. The number of phenolic OH excluding ortho intramolecular Hbond substituents is 1. The van der Waals surface area contributed by atoms with E-state index in [0.29, 0.717) is 36.2 Å². The number of allylic oxidation sites excluding steroid dienone is 4. The van der Waals surface area contributed by atoms with Crippen LogP contribution in [0.5, 0.6) is 17.2 Å². The van der Waals surface area contributed by atoms with Crippen molar-refractivity contribution < 1.29 is 48.3 Å². The van der Waals surface area contributed by atoms with E-state index in [4.69, 9.17) is 23.7 Å². The Morgan fingerprint density at radius 2 is 1.78 bits per heavy atom. The molecular weight excluding hydrogens is 628 g/mol. The van der Waals surface area contributed by atoms with E-state index in [-0.39, 0.29) is 47.0 Å². The van der Waals surface area contributed by atoms with Gasteiger partial charge in [-0.2, -0.15) is 0 Å². The highest BCUT2D eigenvalue weighted by atomic mass is 16.6. The number of aliphatic hydroxyl groups excluding tert-OH is 1. The first-order valence-electron chi connectivity index (χ1n) is 17.2. The lowest BCUT2D eigenvalue weighted by Crippen LogP contribution is -2.72. The van der Waals surface area contributed by atoms with Crippen LogP contribution in [0.4, 0.5) is 0 Å². The van der Waals surface area contributed by atoms with E-state index in [2.05, 4.69) is 6.08 Å². The number of hydrogen-bond acceptors (Lipinski definition) is 10. The predicted molar refractivity (Wildman–Crippen MR) is 179 cm³/mol. The van der Waals surface area contributed by atoms with Gasteiger partial charge in [-0.15, -0.1) is 0 Å². The number of carbonyl (C=O) groups is 3. The number of aromatic hydroxyl groups is 1. The quantitative estimate of drug-likeness (QED) is 0.134. The molecule has 1 aromatic rings. The normalized spacial score (nSPS) is 34.5. The number of fused-ring (bicyclic) bond motifs is 2. The van der Waals surface area contributed by atoms with E-state index in [1.807, 2.05) is 54.5 Å². The summed E-state index contributed by atoms with van der Waals surface area (Å²) in [6.07, 6.45) is 9.47. The number of hydrogen-bond donors (Lipinski definition) is 2. The fourth-order valence-corrected chi connectivity index (χ4v) is 9.04. The number of carbonyl (C=O) groups excluding carboxylic acids is 3. The van der Waals surface area contributed by atoms with Crippen LogP contribution in [0.3, 0.4) is 0 Å². The molecule has 1 saturated carbocycles. The largest absolute Gasteiger partial charge is 0.506 e. The van der Waals surface area contributed by atoms with Crippen LogP contribution >= 0.6 is 0 Å². The monoisotopic (exact) mass is 674 g/mol. The minimum atomic E-state index is -1.63. The summed E-state index contributed by atoms with van der Waals surface area (Å²) in [7, 11) is 0. The number of benzene rings is 1. The molecule has 262 valence electrons. The highest BCUT2D eigenvalue weighted by Crippen LogP contribution is 2.68. The molecule has 3 fully saturated rings. The van der Waals surface area contributed by atoms with Gasteiger partial charge in [0, 0.05) is 35.8 Å². The van der Waals surface area contributed by atoms with Crippen molar-refractivity contribution in [3.05, 3.63) is 57.9 Å². The second-order valence-corrected chi connectivity index (χ2v) is 16.0. The molecule has 3 aliphatic carbocycles. The Kier molecular flexibility index (Phi) is 7.50. The maximum atomic E-state index is 14.9. The Labute approximate surface area is 286 Å². The molecule has 1 aromatic carbocycles. The molecule has 0 amide bonds. The third-order valence-electron chi connectivity index (χ3n) is 11.5.